The molecule has 0 aliphatic heterocycles. The lowest BCUT2D eigenvalue weighted by molar-refractivity contribution is -0.125. The van der Waals surface area contributed by atoms with Gasteiger partial charge in [0.05, 0.1) is 5.41 Å². The highest BCUT2D eigenvalue weighted by molar-refractivity contribution is 5.87. The largest absolute Gasteiger partial charge is 0.353 e. The van der Waals surface area contributed by atoms with Crippen LogP contribution in [0, 0.1) is 0 Å². The molecule has 3 heteroatoms. The molecule has 2 aromatic rings. The molecule has 0 fully saturated rings. The molecule has 0 heterocycles. The van der Waals surface area contributed by atoms with Crippen LogP contribution in [0.15, 0.2) is 60.7 Å². The predicted octanol–water partition coefficient (Wildman–Crippen LogP) is 2.78. The maximum absolute atomic E-state index is 12.4. The average Bonchev–Trinajstić information content (AvgIpc) is 2.53. The smallest absolute Gasteiger partial charge is 0.230 e. The van der Waals surface area contributed by atoms with Gasteiger partial charge in [-0.15, -0.1) is 0 Å². The standard InChI is InChI=1S/C18H22N2O/c1-18(2,15-11-7-4-8-12-15)17(21)20-13-16(19)14-9-5-3-6-10-14/h3-12,16H,13,19H2,1-2H3,(H,20,21). The quantitative estimate of drug-likeness (QED) is 0.886. The van der Waals surface area contributed by atoms with Crippen molar-refractivity contribution in [2.45, 2.75) is 25.3 Å². The van der Waals surface area contributed by atoms with E-state index in [1.54, 1.807) is 0 Å². The third kappa shape index (κ3) is 3.70. The van der Waals surface area contributed by atoms with Crippen LogP contribution >= 0.6 is 0 Å². The van der Waals surface area contributed by atoms with Gasteiger partial charge in [0.25, 0.3) is 0 Å². The van der Waals surface area contributed by atoms with Gasteiger partial charge < -0.3 is 11.1 Å². The lowest BCUT2D eigenvalue weighted by atomic mass is 9.83. The Balaban J connectivity index is 1.99. The number of carbonyl (C=O) groups is 1. The van der Waals surface area contributed by atoms with Gasteiger partial charge in [0, 0.05) is 12.6 Å². The SMILES string of the molecule is CC(C)(C(=O)NCC(N)c1ccccc1)c1ccccc1. The Labute approximate surface area is 126 Å². The van der Waals surface area contributed by atoms with E-state index in [0.29, 0.717) is 6.54 Å². The second kappa shape index (κ2) is 6.55. The van der Waals surface area contributed by atoms with Gasteiger partial charge in [0.1, 0.15) is 0 Å². The zero-order chi connectivity index (χ0) is 15.3. The van der Waals surface area contributed by atoms with Crippen LogP contribution in [0.4, 0.5) is 0 Å². The fraction of sp³-hybridized carbons (Fsp3) is 0.278. The minimum atomic E-state index is -0.572. The summed E-state index contributed by atoms with van der Waals surface area (Å²) in [6.07, 6.45) is 0. The summed E-state index contributed by atoms with van der Waals surface area (Å²) in [6, 6.07) is 19.4. The number of hydrogen-bond acceptors (Lipinski definition) is 2. The summed E-state index contributed by atoms with van der Waals surface area (Å²) in [5.41, 5.74) is 7.56. The number of nitrogens with two attached hydrogens (primary N) is 1. The van der Waals surface area contributed by atoms with Crippen molar-refractivity contribution in [1.29, 1.82) is 0 Å². The molecule has 110 valence electrons. The van der Waals surface area contributed by atoms with E-state index in [-0.39, 0.29) is 11.9 Å². The van der Waals surface area contributed by atoms with E-state index < -0.39 is 5.41 Å². The van der Waals surface area contributed by atoms with E-state index in [1.165, 1.54) is 0 Å². The van der Waals surface area contributed by atoms with Gasteiger partial charge in [-0.05, 0) is 25.0 Å². The molecule has 3 nitrogen and oxygen atoms in total. The minimum absolute atomic E-state index is 0.0138. The van der Waals surface area contributed by atoms with Crippen LogP contribution in [0.3, 0.4) is 0 Å². The minimum Gasteiger partial charge on any atom is -0.353 e. The first-order valence-electron chi connectivity index (χ1n) is 7.16. The summed E-state index contributed by atoms with van der Waals surface area (Å²) in [6.45, 7) is 4.27. The van der Waals surface area contributed by atoms with Crippen LogP contribution in [0.2, 0.25) is 0 Å². The molecule has 0 aromatic heterocycles. The first-order valence-corrected chi connectivity index (χ1v) is 7.16. The van der Waals surface area contributed by atoms with Gasteiger partial charge in [-0.3, -0.25) is 4.79 Å². The van der Waals surface area contributed by atoms with E-state index in [0.717, 1.165) is 11.1 Å². The lowest BCUT2D eigenvalue weighted by Crippen LogP contribution is -2.42. The molecule has 2 aromatic carbocycles. The number of hydrogen-bond donors (Lipinski definition) is 2. The van der Waals surface area contributed by atoms with E-state index in [1.807, 2.05) is 74.5 Å². The second-order valence-electron chi connectivity index (χ2n) is 5.72. The van der Waals surface area contributed by atoms with Crippen LogP contribution in [-0.4, -0.2) is 12.5 Å². The van der Waals surface area contributed by atoms with Gasteiger partial charge in [0.2, 0.25) is 5.91 Å². The number of amides is 1. The van der Waals surface area contributed by atoms with Crippen molar-refractivity contribution < 1.29 is 4.79 Å². The molecule has 0 aliphatic carbocycles. The predicted molar refractivity (Wildman–Crippen MR) is 85.8 cm³/mol. The Morgan fingerprint density at radius 2 is 1.57 bits per heavy atom. The lowest BCUT2D eigenvalue weighted by Gasteiger charge is -2.25. The van der Waals surface area contributed by atoms with E-state index in [4.69, 9.17) is 5.73 Å². The van der Waals surface area contributed by atoms with Gasteiger partial charge in [-0.25, -0.2) is 0 Å². The number of carbonyl (C=O) groups excluding carboxylic acids is 1. The van der Waals surface area contributed by atoms with Crippen LogP contribution in [0.5, 0.6) is 0 Å². The topological polar surface area (TPSA) is 55.1 Å². The fourth-order valence-electron chi connectivity index (χ4n) is 2.23. The maximum Gasteiger partial charge on any atom is 0.230 e. The fourth-order valence-corrected chi connectivity index (χ4v) is 2.23. The van der Waals surface area contributed by atoms with E-state index >= 15 is 0 Å². The Morgan fingerprint density at radius 3 is 2.14 bits per heavy atom. The Bertz CT molecular complexity index is 579. The van der Waals surface area contributed by atoms with Crippen molar-refractivity contribution in [2.75, 3.05) is 6.54 Å². The molecule has 0 aliphatic rings. The molecule has 0 saturated heterocycles. The summed E-state index contributed by atoms with van der Waals surface area (Å²) in [4.78, 5) is 12.4. The third-order valence-electron chi connectivity index (χ3n) is 3.77. The van der Waals surface area contributed by atoms with Crippen molar-refractivity contribution in [3.05, 3.63) is 71.8 Å². The van der Waals surface area contributed by atoms with Gasteiger partial charge in [-0.2, -0.15) is 0 Å². The zero-order valence-corrected chi connectivity index (χ0v) is 12.5. The van der Waals surface area contributed by atoms with Crippen LogP contribution in [-0.2, 0) is 10.2 Å². The molecular weight excluding hydrogens is 260 g/mol. The Hall–Kier alpha value is -2.13. The zero-order valence-electron chi connectivity index (χ0n) is 12.5. The molecule has 21 heavy (non-hydrogen) atoms. The first kappa shape index (κ1) is 15.3. The molecule has 0 spiro atoms. The molecular formula is C18H22N2O. The molecule has 3 N–H and O–H groups in total. The number of nitrogens with one attached hydrogen (secondary N) is 1. The highest BCUT2D eigenvalue weighted by Crippen LogP contribution is 2.23. The molecule has 1 unspecified atom stereocenters. The molecule has 2 rings (SSSR count). The van der Waals surface area contributed by atoms with Crippen molar-refractivity contribution in [3.8, 4) is 0 Å². The average molecular weight is 282 g/mol. The van der Waals surface area contributed by atoms with Crippen LogP contribution < -0.4 is 11.1 Å². The monoisotopic (exact) mass is 282 g/mol. The molecule has 1 atom stereocenters. The van der Waals surface area contributed by atoms with Crippen molar-refractivity contribution in [3.63, 3.8) is 0 Å². The molecule has 0 radical (unpaired) electrons. The van der Waals surface area contributed by atoms with Gasteiger partial charge in [-0.1, -0.05) is 60.7 Å². The summed E-state index contributed by atoms with van der Waals surface area (Å²) in [5.74, 6) is -0.0138. The summed E-state index contributed by atoms with van der Waals surface area (Å²) in [7, 11) is 0. The second-order valence-corrected chi connectivity index (χ2v) is 5.72. The Morgan fingerprint density at radius 1 is 1.05 bits per heavy atom. The molecule has 0 saturated carbocycles. The van der Waals surface area contributed by atoms with Gasteiger partial charge >= 0.3 is 0 Å². The van der Waals surface area contributed by atoms with Crippen molar-refractivity contribution in [2.24, 2.45) is 5.73 Å². The van der Waals surface area contributed by atoms with Gasteiger partial charge in [0.15, 0.2) is 0 Å². The van der Waals surface area contributed by atoms with Crippen molar-refractivity contribution >= 4 is 5.91 Å². The Kier molecular flexibility index (Phi) is 4.76. The first-order chi connectivity index (χ1) is 10.0. The van der Waals surface area contributed by atoms with E-state index in [9.17, 15) is 4.79 Å². The van der Waals surface area contributed by atoms with Crippen LogP contribution in [0.1, 0.15) is 31.0 Å². The summed E-state index contributed by atoms with van der Waals surface area (Å²) < 4.78 is 0. The van der Waals surface area contributed by atoms with Crippen molar-refractivity contribution in [1.82, 2.24) is 5.32 Å². The number of rotatable bonds is 5. The highest BCUT2D eigenvalue weighted by Gasteiger charge is 2.29. The summed E-state index contributed by atoms with van der Waals surface area (Å²) in [5, 5.41) is 2.96. The van der Waals surface area contributed by atoms with Crippen LogP contribution in [0.25, 0.3) is 0 Å². The maximum atomic E-state index is 12.4. The highest BCUT2D eigenvalue weighted by atomic mass is 16.2. The number of benzene rings is 2. The normalized spacial score (nSPS) is 12.7. The third-order valence-corrected chi connectivity index (χ3v) is 3.77. The molecule has 1 amide bonds. The van der Waals surface area contributed by atoms with E-state index in [2.05, 4.69) is 5.32 Å². The summed E-state index contributed by atoms with van der Waals surface area (Å²) >= 11 is 0. The molecule has 0 bridgehead atoms.